The highest BCUT2D eigenvalue weighted by Gasteiger charge is 2.33. The molecule has 9 heteroatoms. The number of carbonyl (C=O) groups is 2. The minimum absolute atomic E-state index is 0.00598. The zero-order valence-electron chi connectivity index (χ0n) is 14.7. The summed E-state index contributed by atoms with van der Waals surface area (Å²) >= 11 is 1.27. The molecule has 2 amide bonds. The number of amides is 2. The molecule has 138 valence electrons. The maximum absolute atomic E-state index is 12.7. The van der Waals surface area contributed by atoms with E-state index in [0.717, 1.165) is 5.69 Å². The molecule has 1 aromatic carbocycles. The quantitative estimate of drug-likeness (QED) is 0.820. The summed E-state index contributed by atoms with van der Waals surface area (Å²) in [6, 6.07) is 9.21. The number of methoxy groups -OCH3 is 1. The average Bonchev–Trinajstić information content (AvgIpc) is 3.07. The number of anilines is 2. The molecule has 0 unspecified atom stereocenters. The summed E-state index contributed by atoms with van der Waals surface area (Å²) in [6.07, 6.45) is 0. The molecule has 1 aliphatic heterocycles. The van der Waals surface area contributed by atoms with Crippen LogP contribution < -0.4 is 10.2 Å². The van der Waals surface area contributed by atoms with Crippen LogP contribution in [0.25, 0.3) is 0 Å². The Morgan fingerprint density at radius 2 is 2.08 bits per heavy atom. The van der Waals surface area contributed by atoms with Crippen molar-refractivity contribution in [2.45, 2.75) is 19.6 Å². The number of nitrogens with zero attached hydrogens (tertiary/aromatic N) is 4. The van der Waals surface area contributed by atoms with Gasteiger partial charge in [-0.1, -0.05) is 29.5 Å². The summed E-state index contributed by atoms with van der Waals surface area (Å²) in [7, 11) is 1.58. The Bertz CT molecular complexity index is 767. The molecule has 26 heavy (non-hydrogen) atoms. The first kappa shape index (κ1) is 18.4. The lowest BCUT2D eigenvalue weighted by atomic mass is 10.1. The molecule has 2 heterocycles. The van der Waals surface area contributed by atoms with Crippen LogP contribution >= 0.6 is 11.3 Å². The number of rotatable bonds is 6. The van der Waals surface area contributed by atoms with Gasteiger partial charge in [0, 0.05) is 25.9 Å². The monoisotopic (exact) mass is 375 g/mol. The molecule has 1 saturated heterocycles. The van der Waals surface area contributed by atoms with E-state index in [1.54, 1.807) is 12.0 Å². The topological polar surface area (TPSA) is 87.7 Å². The molecular weight excluding hydrogens is 354 g/mol. The van der Waals surface area contributed by atoms with Gasteiger partial charge in [-0.25, -0.2) is 0 Å². The number of benzene rings is 1. The number of hydrogen-bond acceptors (Lipinski definition) is 7. The zero-order chi connectivity index (χ0) is 18.5. The minimum Gasteiger partial charge on any atom is -0.377 e. The van der Waals surface area contributed by atoms with Gasteiger partial charge in [-0.15, -0.1) is 10.2 Å². The molecule has 8 nitrogen and oxygen atoms in total. The second kappa shape index (κ2) is 8.35. The van der Waals surface area contributed by atoms with Crippen LogP contribution in [0.15, 0.2) is 30.3 Å². The summed E-state index contributed by atoms with van der Waals surface area (Å²) in [5, 5.41) is 11.7. The van der Waals surface area contributed by atoms with Crippen LogP contribution in [-0.2, 0) is 20.9 Å². The maximum Gasteiger partial charge on any atom is 0.244 e. The van der Waals surface area contributed by atoms with Crippen molar-refractivity contribution in [3.8, 4) is 0 Å². The van der Waals surface area contributed by atoms with Crippen molar-refractivity contribution in [3.05, 3.63) is 35.3 Å². The third kappa shape index (κ3) is 4.24. The van der Waals surface area contributed by atoms with Crippen LogP contribution in [0.1, 0.15) is 11.9 Å². The van der Waals surface area contributed by atoms with Gasteiger partial charge in [-0.3, -0.25) is 19.8 Å². The molecule has 3 rings (SSSR count). The first-order valence-electron chi connectivity index (χ1n) is 8.30. The molecule has 0 radical (unpaired) electrons. The van der Waals surface area contributed by atoms with Crippen LogP contribution in [0.4, 0.5) is 10.8 Å². The van der Waals surface area contributed by atoms with E-state index in [2.05, 4.69) is 15.5 Å². The zero-order valence-corrected chi connectivity index (χ0v) is 15.5. The molecule has 0 spiro atoms. The Morgan fingerprint density at radius 3 is 2.81 bits per heavy atom. The van der Waals surface area contributed by atoms with E-state index < -0.39 is 0 Å². The second-order valence-electron chi connectivity index (χ2n) is 5.95. The minimum atomic E-state index is -0.367. The van der Waals surface area contributed by atoms with E-state index in [-0.39, 0.29) is 24.4 Å². The standard InChI is InChI=1S/C17H21N5O3S/c1-12-16(24)22(13-6-4-3-5-7-13)9-8-21(12)10-14(23)18-17-20-19-15(26-17)11-25-2/h3-7,12H,8-11H2,1-2H3,(H,18,20,23)/t12-/m0/s1. The van der Waals surface area contributed by atoms with Crippen molar-refractivity contribution in [3.63, 3.8) is 0 Å². The average molecular weight is 375 g/mol. The summed E-state index contributed by atoms with van der Waals surface area (Å²) < 4.78 is 4.98. The molecule has 0 saturated carbocycles. The Hall–Kier alpha value is -2.36. The van der Waals surface area contributed by atoms with Crippen LogP contribution in [0.3, 0.4) is 0 Å². The molecule has 1 fully saturated rings. The first-order valence-corrected chi connectivity index (χ1v) is 9.12. The van der Waals surface area contributed by atoms with Crippen LogP contribution in [0.2, 0.25) is 0 Å². The van der Waals surface area contributed by atoms with Crippen molar-refractivity contribution in [2.24, 2.45) is 0 Å². The predicted molar refractivity (Wildman–Crippen MR) is 99.1 cm³/mol. The summed E-state index contributed by atoms with van der Waals surface area (Å²) in [5.41, 5.74) is 0.882. The van der Waals surface area contributed by atoms with Gasteiger partial charge in [0.25, 0.3) is 0 Å². The second-order valence-corrected chi connectivity index (χ2v) is 7.02. The molecule has 0 bridgehead atoms. The van der Waals surface area contributed by atoms with Gasteiger partial charge >= 0.3 is 0 Å². The number of aromatic nitrogens is 2. The fourth-order valence-corrected chi connectivity index (χ4v) is 3.55. The van der Waals surface area contributed by atoms with E-state index in [0.29, 0.717) is 29.8 Å². The number of carbonyl (C=O) groups excluding carboxylic acids is 2. The SMILES string of the molecule is COCc1nnc(NC(=O)CN2CCN(c3ccccc3)C(=O)[C@@H]2C)s1. The fourth-order valence-electron chi connectivity index (χ4n) is 2.82. The molecule has 2 aromatic rings. The highest BCUT2D eigenvalue weighted by atomic mass is 32.1. The smallest absolute Gasteiger partial charge is 0.244 e. The van der Waals surface area contributed by atoms with Crippen LogP contribution in [-0.4, -0.2) is 59.7 Å². The van der Waals surface area contributed by atoms with E-state index in [9.17, 15) is 9.59 Å². The third-order valence-corrected chi connectivity index (χ3v) is 4.99. The Balaban J connectivity index is 1.57. The highest BCUT2D eigenvalue weighted by Crippen LogP contribution is 2.20. The molecule has 1 aliphatic rings. The van der Waals surface area contributed by atoms with Gasteiger partial charge in [0.1, 0.15) is 11.6 Å². The Labute approximate surface area is 155 Å². The Kier molecular flexibility index (Phi) is 5.92. The molecule has 0 aliphatic carbocycles. The number of nitrogens with one attached hydrogen (secondary N) is 1. The van der Waals surface area contributed by atoms with Crippen molar-refractivity contribution in [1.82, 2.24) is 15.1 Å². The first-order chi connectivity index (χ1) is 12.6. The summed E-state index contributed by atoms with van der Waals surface area (Å²) in [6.45, 7) is 3.50. The van der Waals surface area contributed by atoms with Crippen molar-refractivity contribution in [1.29, 1.82) is 0 Å². The normalized spacial score (nSPS) is 18.2. The van der Waals surface area contributed by atoms with Gasteiger partial charge in [0.15, 0.2) is 0 Å². The fraction of sp³-hybridized carbons (Fsp3) is 0.412. The van der Waals surface area contributed by atoms with Crippen molar-refractivity contribution < 1.29 is 14.3 Å². The van der Waals surface area contributed by atoms with Crippen LogP contribution in [0.5, 0.6) is 0 Å². The van der Waals surface area contributed by atoms with Gasteiger partial charge < -0.3 is 9.64 Å². The van der Waals surface area contributed by atoms with Gasteiger partial charge in [-0.05, 0) is 19.1 Å². The summed E-state index contributed by atoms with van der Waals surface area (Å²) in [4.78, 5) is 28.6. The largest absolute Gasteiger partial charge is 0.377 e. The molecular formula is C17H21N5O3S. The Morgan fingerprint density at radius 1 is 1.31 bits per heavy atom. The van der Waals surface area contributed by atoms with Gasteiger partial charge in [0.2, 0.25) is 16.9 Å². The molecule has 1 N–H and O–H groups in total. The van der Waals surface area contributed by atoms with Crippen molar-refractivity contribution >= 4 is 34.0 Å². The molecule has 1 atom stereocenters. The lowest BCUT2D eigenvalue weighted by molar-refractivity contribution is -0.127. The highest BCUT2D eigenvalue weighted by molar-refractivity contribution is 7.15. The van der Waals surface area contributed by atoms with Crippen LogP contribution in [0, 0.1) is 0 Å². The molecule has 1 aromatic heterocycles. The number of hydrogen-bond donors (Lipinski definition) is 1. The lowest BCUT2D eigenvalue weighted by Crippen LogP contribution is -2.57. The number of piperazine rings is 1. The number of para-hydroxylation sites is 1. The van der Waals surface area contributed by atoms with E-state index in [4.69, 9.17) is 4.74 Å². The van der Waals surface area contributed by atoms with E-state index in [1.165, 1.54) is 11.3 Å². The van der Waals surface area contributed by atoms with E-state index in [1.807, 2.05) is 42.2 Å². The van der Waals surface area contributed by atoms with Gasteiger partial charge in [0.05, 0.1) is 12.6 Å². The maximum atomic E-state index is 12.7. The van der Waals surface area contributed by atoms with Crippen molar-refractivity contribution in [2.75, 3.05) is 37.0 Å². The predicted octanol–water partition coefficient (Wildman–Crippen LogP) is 1.36. The number of ether oxygens (including phenoxy) is 1. The third-order valence-electron chi connectivity index (χ3n) is 4.18. The van der Waals surface area contributed by atoms with Gasteiger partial charge in [-0.2, -0.15) is 0 Å². The summed E-state index contributed by atoms with van der Waals surface area (Å²) in [5.74, 6) is -0.216. The lowest BCUT2D eigenvalue weighted by Gasteiger charge is -2.38. The van der Waals surface area contributed by atoms with E-state index >= 15 is 0 Å².